The summed E-state index contributed by atoms with van der Waals surface area (Å²) in [5.41, 5.74) is 3.02. The molecule has 1 heterocycles. The predicted octanol–water partition coefficient (Wildman–Crippen LogP) is 3.79. The lowest BCUT2D eigenvalue weighted by molar-refractivity contribution is 0.0528. The Bertz CT molecular complexity index is 656. The van der Waals surface area contributed by atoms with Crippen LogP contribution in [0, 0.1) is 13.8 Å². The molecule has 0 saturated carbocycles. The molecule has 0 spiro atoms. The highest BCUT2D eigenvalue weighted by atomic mass is 32.1. The molecule has 0 unspecified atom stereocenters. The number of hydrogen-bond acceptors (Lipinski definition) is 4. The Morgan fingerprint density at radius 2 is 1.86 bits per heavy atom. The van der Waals surface area contributed by atoms with Crippen LogP contribution in [0.2, 0.25) is 0 Å². The zero-order chi connectivity index (χ0) is 15.4. The van der Waals surface area contributed by atoms with Gasteiger partial charge in [-0.25, -0.2) is 4.79 Å². The van der Waals surface area contributed by atoms with Gasteiger partial charge in [0.2, 0.25) is 0 Å². The summed E-state index contributed by atoms with van der Waals surface area (Å²) < 4.78 is 4.97. The van der Waals surface area contributed by atoms with Gasteiger partial charge in [0.15, 0.2) is 0 Å². The van der Waals surface area contributed by atoms with Gasteiger partial charge in [0, 0.05) is 5.56 Å². The van der Waals surface area contributed by atoms with E-state index in [1.165, 1.54) is 11.3 Å². The number of carbonyl (C=O) groups excluding carboxylic acids is 2. The van der Waals surface area contributed by atoms with Crippen LogP contribution in [0.3, 0.4) is 0 Å². The van der Waals surface area contributed by atoms with E-state index < -0.39 is 5.97 Å². The number of anilines is 1. The van der Waals surface area contributed by atoms with Gasteiger partial charge in [0.05, 0.1) is 12.2 Å². The van der Waals surface area contributed by atoms with Gasteiger partial charge in [0.1, 0.15) is 5.00 Å². The van der Waals surface area contributed by atoms with Crippen molar-refractivity contribution in [2.75, 3.05) is 11.9 Å². The van der Waals surface area contributed by atoms with E-state index in [1.807, 2.05) is 32.0 Å². The highest BCUT2D eigenvalue weighted by Crippen LogP contribution is 2.25. The summed E-state index contributed by atoms with van der Waals surface area (Å²) in [5, 5.41) is 5.04. The Labute approximate surface area is 127 Å². The fraction of sp³-hybridized carbons (Fsp3) is 0.250. The second kappa shape index (κ2) is 6.54. The van der Waals surface area contributed by atoms with Crippen molar-refractivity contribution < 1.29 is 14.3 Å². The number of aryl methyl sites for hydroxylation is 2. The minimum absolute atomic E-state index is 0.227. The summed E-state index contributed by atoms with van der Waals surface area (Å²) in [4.78, 5) is 24.1. The number of rotatable bonds is 4. The standard InChI is InChI=1S/C16H17NO3S/c1-4-20-16(19)13-5-6-21-15(13)17-14(18)12-8-10(2)7-11(3)9-12/h5-9H,4H2,1-3H3,(H,17,18). The van der Waals surface area contributed by atoms with Crippen LogP contribution in [0.25, 0.3) is 0 Å². The van der Waals surface area contributed by atoms with E-state index in [4.69, 9.17) is 4.74 Å². The number of nitrogens with one attached hydrogen (secondary N) is 1. The molecule has 0 fully saturated rings. The first-order valence-electron chi connectivity index (χ1n) is 6.65. The summed E-state index contributed by atoms with van der Waals surface area (Å²) in [6.07, 6.45) is 0. The number of ether oxygens (including phenoxy) is 1. The molecule has 0 aliphatic carbocycles. The van der Waals surface area contributed by atoms with Gasteiger partial charge in [-0.1, -0.05) is 17.2 Å². The van der Waals surface area contributed by atoms with Gasteiger partial charge in [-0.05, 0) is 44.4 Å². The molecule has 0 atom stereocenters. The summed E-state index contributed by atoms with van der Waals surface area (Å²) >= 11 is 1.30. The second-order valence-corrected chi connectivity index (χ2v) is 5.63. The van der Waals surface area contributed by atoms with Crippen molar-refractivity contribution in [3.63, 3.8) is 0 Å². The molecule has 1 aromatic carbocycles. The van der Waals surface area contributed by atoms with Crippen molar-refractivity contribution in [1.29, 1.82) is 0 Å². The lowest BCUT2D eigenvalue weighted by Gasteiger charge is -2.07. The molecule has 0 aliphatic rings. The Balaban J connectivity index is 2.20. The lowest BCUT2D eigenvalue weighted by Crippen LogP contribution is -2.14. The predicted molar refractivity (Wildman–Crippen MR) is 84.1 cm³/mol. The molecular weight excluding hydrogens is 286 g/mol. The van der Waals surface area contributed by atoms with Crippen molar-refractivity contribution in [1.82, 2.24) is 0 Å². The van der Waals surface area contributed by atoms with Crippen LogP contribution in [0.5, 0.6) is 0 Å². The van der Waals surface area contributed by atoms with Crippen LogP contribution in [0.4, 0.5) is 5.00 Å². The summed E-state index contributed by atoms with van der Waals surface area (Å²) in [7, 11) is 0. The first-order chi connectivity index (χ1) is 10.0. The third kappa shape index (κ3) is 3.70. The van der Waals surface area contributed by atoms with E-state index in [9.17, 15) is 9.59 Å². The first kappa shape index (κ1) is 15.3. The van der Waals surface area contributed by atoms with Gasteiger partial charge >= 0.3 is 5.97 Å². The Kier molecular flexibility index (Phi) is 4.75. The molecule has 0 aliphatic heterocycles. The fourth-order valence-electron chi connectivity index (χ4n) is 2.06. The maximum absolute atomic E-state index is 12.3. The zero-order valence-electron chi connectivity index (χ0n) is 12.2. The minimum atomic E-state index is -0.422. The Morgan fingerprint density at radius 1 is 1.19 bits per heavy atom. The quantitative estimate of drug-likeness (QED) is 0.874. The minimum Gasteiger partial charge on any atom is -0.462 e. The number of thiophene rings is 1. The molecule has 0 radical (unpaired) electrons. The number of benzene rings is 1. The van der Waals surface area contributed by atoms with Crippen LogP contribution < -0.4 is 5.32 Å². The fourth-order valence-corrected chi connectivity index (χ4v) is 2.83. The normalized spacial score (nSPS) is 10.2. The second-order valence-electron chi connectivity index (χ2n) is 4.71. The molecule has 1 amide bonds. The van der Waals surface area contributed by atoms with Crippen LogP contribution in [-0.4, -0.2) is 18.5 Å². The van der Waals surface area contributed by atoms with Gasteiger partial charge in [0.25, 0.3) is 5.91 Å². The van der Waals surface area contributed by atoms with E-state index in [-0.39, 0.29) is 5.91 Å². The van der Waals surface area contributed by atoms with Gasteiger partial charge in [-0.3, -0.25) is 4.79 Å². The van der Waals surface area contributed by atoms with E-state index >= 15 is 0 Å². The maximum atomic E-state index is 12.3. The zero-order valence-corrected chi connectivity index (χ0v) is 13.0. The van der Waals surface area contributed by atoms with Crippen LogP contribution in [-0.2, 0) is 4.74 Å². The number of carbonyl (C=O) groups is 2. The monoisotopic (exact) mass is 303 g/mol. The van der Waals surface area contributed by atoms with E-state index in [2.05, 4.69) is 5.32 Å². The van der Waals surface area contributed by atoms with E-state index in [0.29, 0.717) is 22.7 Å². The third-order valence-corrected chi connectivity index (χ3v) is 3.70. The molecule has 4 nitrogen and oxygen atoms in total. The largest absolute Gasteiger partial charge is 0.462 e. The highest BCUT2D eigenvalue weighted by Gasteiger charge is 2.16. The van der Waals surface area contributed by atoms with Crippen molar-refractivity contribution in [3.8, 4) is 0 Å². The van der Waals surface area contributed by atoms with Gasteiger partial charge < -0.3 is 10.1 Å². The van der Waals surface area contributed by atoms with Gasteiger partial charge in [-0.2, -0.15) is 0 Å². The van der Waals surface area contributed by atoms with Gasteiger partial charge in [-0.15, -0.1) is 11.3 Å². The third-order valence-electron chi connectivity index (χ3n) is 2.87. The number of hydrogen-bond donors (Lipinski definition) is 1. The molecule has 1 aromatic heterocycles. The average Bonchev–Trinajstić information content (AvgIpc) is 2.86. The Hall–Kier alpha value is -2.14. The smallest absolute Gasteiger partial charge is 0.341 e. The lowest BCUT2D eigenvalue weighted by atomic mass is 10.1. The SMILES string of the molecule is CCOC(=O)c1ccsc1NC(=O)c1cc(C)cc(C)c1. The van der Waals surface area contributed by atoms with E-state index in [1.54, 1.807) is 18.4 Å². The van der Waals surface area contributed by atoms with Crippen molar-refractivity contribution in [3.05, 3.63) is 51.9 Å². The topological polar surface area (TPSA) is 55.4 Å². The first-order valence-corrected chi connectivity index (χ1v) is 7.53. The van der Waals surface area contributed by atoms with Crippen molar-refractivity contribution in [2.24, 2.45) is 0 Å². The Morgan fingerprint density at radius 3 is 2.48 bits per heavy atom. The molecule has 2 aromatic rings. The van der Waals surface area contributed by atoms with Crippen LogP contribution in [0.15, 0.2) is 29.6 Å². The number of amides is 1. The highest BCUT2D eigenvalue weighted by molar-refractivity contribution is 7.14. The van der Waals surface area contributed by atoms with Crippen molar-refractivity contribution >= 4 is 28.2 Å². The van der Waals surface area contributed by atoms with Crippen LogP contribution >= 0.6 is 11.3 Å². The molecule has 21 heavy (non-hydrogen) atoms. The summed E-state index contributed by atoms with van der Waals surface area (Å²) in [5.74, 6) is -0.649. The molecular formula is C16H17NO3S. The molecule has 0 bridgehead atoms. The molecule has 2 rings (SSSR count). The number of esters is 1. The summed E-state index contributed by atoms with van der Waals surface area (Å²) in [6.45, 7) is 5.94. The molecule has 1 N–H and O–H groups in total. The van der Waals surface area contributed by atoms with Crippen LogP contribution in [0.1, 0.15) is 38.8 Å². The average molecular weight is 303 g/mol. The summed E-state index contributed by atoms with van der Waals surface area (Å²) in [6, 6.07) is 7.30. The maximum Gasteiger partial charge on any atom is 0.341 e. The van der Waals surface area contributed by atoms with Crippen molar-refractivity contribution in [2.45, 2.75) is 20.8 Å². The molecule has 110 valence electrons. The molecule has 5 heteroatoms. The van der Waals surface area contributed by atoms with E-state index in [0.717, 1.165) is 11.1 Å². The molecule has 0 saturated heterocycles.